The summed E-state index contributed by atoms with van der Waals surface area (Å²) in [5.74, 6) is 1.31. The van der Waals surface area contributed by atoms with Crippen LogP contribution in [0.4, 0.5) is 0 Å². The van der Waals surface area contributed by atoms with Crippen molar-refractivity contribution in [2.75, 3.05) is 7.11 Å². The van der Waals surface area contributed by atoms with E-state index in [9.17, 15) is 4.79 Å². The Hall–Kier alpha value is -0.860. The Morgan fingerprint density at radius 3 is 2.95 bits per heavy atom. The average Bonchev–Trinajstić information content (AvgIpc) is 2.42. The summed E-state index contributed by atoms with van der Waals surface area (Å²) in [5, 5.41) is 0. The van der Waals surface area contributed by atoms with E-state index in [0.717, 1.165) is 0 Å². The van der Waals surface area contributed by atoms with Crippen LogP contribution in [0.1, 0.15) is 17.1 Å². The number of halogens is 1. The van der Waals surface area contributed by atoms with Crippen LogP contribution in [0.25, 0.3) is 0 Å². The molecule has 0 saturated carbocycles. The first-order valence-electron chi connectivity index (χ1n) is 6.06. The van der Waals surface area contributed by atoms with E-state index in [1.165, 1.54) is 10.5 Å². The van der Waals surface area contributed by atoms with Crippen molar-refractivity contribution in [2.24, 2.45) is 0 Å². The van der Waals surface area contributed by atoms with Crippen molar-refractivity contribution in [1.82, 2.24) is 9.97 Å². The molecule has 0 aliphatic carbocycles. The zero-order valence-corrected chi connectivity index (χ0v) is 14.2. The van der Waals surface area contributed by atoms with E-state index in [1.54, 1.807) is 18.9 Å². The summed E-state index contributed by atoms with van der Waals surface area (Å²) in [5.41, 5.74) is 1.81. The fourth-order valence-electron chi connectivity index (χ4n) is 1.71. The lowest BCUT2D eigenvalue weighted by Crippen LogP contribution is -2.18. The second-order valence-corrected chi connectivity index (χ2v) is 6.44. The van der Waals surface area contributed by atoms with E-state index in [-0.39, 0.29) is 5.56 Å². The molecule has 0 atom stereocenters. The molecule has 0 aliphatic rings. The first-order valence-corrected chi connectivity index (χ1v) is 8.12. The summed E-state index contributed by atoms with van der Waals surface area (Å²) in [4.78, 5) is 20.3. The number of methoxy groups -OCH3 is 1. The highest BCUT2D eigenvalue weighted by Crippen LogP contribution is 2.22. The third-order valence-electron chi connectivity index (χ3n) is 2.63. The molecule has 0 aliphatic heterocycles. The molecule has 4 nitrogen and oxygen atoms in total. The molecule has 0 bridgehead atoms. The Morgan fingerprint density at radius 1 is 1.45 bits per heavy atom. The monoisotopic (exact) mass is 402 g/mol. The number of nitrogens with one attached hydrogen (secondary N) is 1. The number of aryl methyl sites for hydroxylation is 1. The van der Waals surface area contributed by atoms with E-state index >= 15 is 0 Å². The van der Waals surface area contributed by atoms with Gasteiger partial charge in [0.2, 0.25) is 0 Å². The number of aromatic nitrogens is 2. The summed E-state index contributed by atoms with van der Waals surface area (Å²) in [7, 11) is 1.60. The van der Waals surface area contributed by atoms with Gasteiger partial charge in [0.25, 0.3) is 5.56 Å². The number of H-pyrrole nitrogens is 1. The van der Waals surface area contributed by atoms with Crippen LogP contribution in [-0.4, -0.2) is 17.1 Å². The highest BCUT2D eigenvalue weighted by atomic mass is 127. The highest BCUT2D eigenvalue weighted by Gasteiger charge is 2.09. The molecule has 1 aromatic heterocycles. The van der Waals surface area contributed by atoms with E-state index < -0.39 is 0 Å². The fraction of sp³-hybridized carbons (Fsp3) is 0.286. The van der Waals surface area contributed by atoms with Gasteiger partial charge in [0.05, 0.1) is 18.1 Å². The molecule has 0 amide bonds. The summed E-state index contributed by atoms with van der Waals surface area (Å²) in [6.45, 7) is 2.41. The zero-order chi connectivity index (χ0) is 14.5. The van der Waals surface area contributed by atoms with Crippen molar-refractivity contribution in [3.05, 3.63) is 55.3 Å². The van der Waals surface area contributed by atoms with Crippen LogP contribution in [0, 0.1) is 10.5 Å². The minimum atomic E-state index is -0.104. The molecule has 0 fully saturated rings. The molecule has 1 aromatic carbocycles. The summed E-state index contributed by atoms with van der Waals surface area (Å²) in [6.07, 6.45) is 0. The van der Waals surface area contributed by atoms with Gasteiger partial charge in [-0.25, -0.2) is 4.98 Å². The van der Waals surface area contributed by atoms with Crippen molar-refractivity contribution in [2.45, 2.75) is 24.2 Å². The van der Waals surface area contributed by atoms with E-state index in [1.807, 2.05) is 28.7 Å². The Bertz CT molecular complexity index is 658. The van der Waals surface area contributed by atoms with Crippen molar-refractivity contribution in [3.8, 4) is 0 Å². The lowest BCUT2D eigenvalue weighted by Gasteiger charge is -2.06. The number of aromatic amines is 1. The van der Waals surface area contributed by atoms with Crippen LogP contribution in [0.3, 0.4) is 0 Å². The molecule has 2 rings (SSSR count). The SMILES string of the molecule is COCc1nc(CSc2cccc(C)c2)[nH]c(=O)c1I. The van der Waals surface area contributed by atoms with E-state index in [0.29, 0.717) is 27.4 Å². The molecule has 6 heteroatoms. The Kier molecular flexibility index (Phi) is 5.62. The topological polar surface area (TPSA) is 55.0 Å². The Balaban J connectivity index is 2.15. The van der Waals surface area contributed by atoms with Gasteiger partial charge in [-0.15, -0.1) is 11.8 Å². The number of nitrogens with zero attached hydrogens (tertiary/aromatic N) is 1. The van der Waals surface area contributed by atoms with Crippen LogP contribution in [-0.2, 0) is 17.1 Å². The third-order valence-corrected chi connectivity index (χ3v) is 4.74. The number of ether oxygens (including phenoxy) is 1. The zero-order valence-electron chi connectivity index (χ0n) is 11.3. The minimum absolute atomic E-state index is 0.104. The van der Waals surface area contributed by atoms with Gasteiger partial charge in [0.1, 0.15) is 9.39 Å². The van der Waals surface area contributed by atoms with Crippen molar-refractivity contribution < 1.29 is 4.74 Å². The first-order chi connectivity index (χ1) is 9.60. The average molecular weight is 402 g/mol. The van der Waals surface area contributed by atoms with Gasteiger partial charge in [0.15, 0.2) is 0 Å². The predicted octanol–water partition coefficient (Wildman–Crippen LogP) is 3.12. The van der Waals surface area contributed by atoms with E-state index in [2.05, 4.69) is 35.1 Å². The van der Waals surface area contributed by atoms with Gasteiger partial charge in [-0.1, -0.05) is 17.7 Å². The maximum absolute atomic E-state index is 11.8. The second-order valence-electron chi connectivity index (χ2n) is 4.31. The predicted molar refractivity (Wildman–Crippen MR) is 89.0 cm³/mol. The molecule has 106 valence electrons. The van der Waals surface area contributed by atoms with Crippen molar-refractivity contribution in [1.29, 1.82) is 0 Å². The van der Waals surface area contributed by atoms with Crippen LogP contribution < -0.4 is 5.56 Å². The summed E-state index contributed by atoms with van der Waals surface area (Å²) >= 11 is 3.65. The number of hydrogen-bond acceptors (Lipinski definition) is 4. The smallest absolute Gasteiger partial charge is 0.264 e. The summed E-state index contributed by atoms with van der Waals surface area (Å²) < 4.78 is 5.66. The third kappa shape index (κ3) is 4.07. The lowest BCUT2D eigenvalue weighted by atomic mass is 10.2. The maximum atomic E-state index is 11.8. The molecule has 2 aromatic rings. The van der Waals surface area contributed by atoms with Gasteiger partial charge < -0.3 is 9.72 Å². The molecular formula is C14H15IN2O2S. The van der Waals surface area contributed by atoms with Crippen LogP contribution in [0.2, 0.25) is 0 Å². The van der Waals surface area contributed by atoms with Gasteiger partial charge in [-0.3, -0.25) is 4.79 Å². The van der Waals surface area contributed by atoms with Gasteiger partial charge in [-0.2, -0.15) is 0 Å². The van der Waals surface area contributed by atoms with Crippen LogP contribution >= 0.6 is 34.4 Å². The number of benzene rings is 1. The normalized spacial score (nSPS) is 10.8. The van der Waals surface area contributed by atoms with Gasteiger partial charge >= 0.3 is 0 Å². The molecule has 20 heavy (non-hydrogen) atoms. The quantitative estimate of drug-likeness (QED) is 0.617. The second kappa shape index (κ2) is 7.24. The molecule has 0 unspecified atom stereocenters. The first kappa shape index (κ1) is 15.5. The van der Waals surface area contributed by atoms with Gasteiger partial charge in [0, 0.05) is 12.0 Å². The Labute approximate surface area is 135 Å². The van der Waals surface area contributed by atoms with Crippen molar-refractivity contribution in [3.63, 3.8) is 0 Å². The number of thioether (sulfide) groups is 1. The summed E-state index contributed by atoms with van der Waals surface area (Å²) in [6, 6.07) is 8.26. The molecule has 0 saturated heterocycles. The standard InChI is InChI=1S/C14H15IN2O2S/c1-9-4-3-5-10(6-9)20-8-12-16-11(7-19-2)13(15)14(18)17-12/h3-6H,7-8H2,1-2H3,(H,16,17,18). The molecule has 0 radical (unpaired) electrons. The fourth-order valence-corrected chi connectivity index (χ4v) is 3.01. The largest absolute Gasteiger partial charge is 0.378 e. The highest BCUT2D eigenvalue weighted by molar-refractivity contribution is 14.1. The molecule has 1 N–H and O–H groups in total. The molecular weight excluding hydrogens is 387 g/mol. The Morgan fingerprint density at radius 2 is 2.25 bits per heavy atom. The van der Waals surface area contributed by atoms with Crippen LogP contribution in [0.15, 0.2) is 34.0 Å². The van der Waals surface area contributed by atoms with Gasteiger partial charge in [-0.05, 0) is 41.6 Å². The number of hydrogen-bond donors (Lipinski definition) is 1. The van der Waals surface area contributed by atoms with E-state index in [4.69, 9.17) is 4.74 Å². The minimum Gasteiger partial charge on any atom is -0.378 e. The lowest BCUT2D eigenvalue weighted by molar-refractivity contribution is 0.180. The molecule has 0 spiro atoms. The molecule has 1 heterocycles. The number of rotatable bonds is 5. The van der Waals surface area contributed by atoms with Crippen LogP contribution in [0.5, 0.6) is 0 Å². The maximum Gasteiger partial charge on any atom is 0.264 e. The van der Waals surface area contributed by atoms with Crippen molar-refractivity contribution >= 4 is 34.4 Å².